The van der Waals surface area contributed by atoms with Gasteiger partial charge in [-0.15, -0.1) is 0 Å². The van der Waals surface area contributed by atoms with Crippen molar-refractivity contribution in [3.8, 4) is 23.0 Å². The number of aromatic amines is 1. The Labute approximate surface area is 230 Å². The van der Waals surface area contributed by atoms with Crippen LogP contribution < -0.4 is 19.7 Å². The molecule has 4 heterocycles. The number of fused-ring (bicyclic) bond motifs is 1. The van der Waals surface area contributed by atoms with Crippen molar-refractivity contribution in [2.45, 2.75) is 6.54 Å². The summed E-state index contributed by atoms with van der Waals surface area (Å²) in [5.74, 6) is 3.07. The molecular weight excluding hydrogens is 510 g/mol. The summed E-state index contributed by atoms with van der Waals surface area (Å²) in [6, 6.07) is 18.9. The van der Waals surface area contributed by atoms with Crippen LogP contribution in [0.2, 0.25) is 0 Å². The molecule has 1 aliphatic heterocycles. The van der Waals surface area contributed by atoms with E-state index in [1.165, 1.54) is 0 Å². The highest BCUT2D eigenvalue weighted by atomic mass is 16.5. The zero-order chi connectivity index (χ0) is 27.5. The minimum Gasteiger partial charge on any atom is -0.497 e. The smallest absolute Gasteiger partial charge is 0.258 e. The first kappa shape index (κ1) is 25.4. The Morgan fingerprint density at radius 1 is 1.00 bits per heavy atom. The second-order valence-electron chi connectivity index (χ2n) is 9.35. The van der Waals surface area contributed by atoms with E-state index >= 15 is 0 Å². The summed E-state index contributed by atoms with van der Waals surface area (Å²) < 4.78 is 17.9. The van der Waals surface area contributed by atoms with Crippen LogP contribution in [0.1, 0.15) is 15.9 Å². The second-order valence-corrected chi connectivity index (χ2v) is 9.35. The minimum absolute atomic E-state index is 0.295. The van der Waals surface area contributed by atoms with Crippen molar-refractivity contribution in [3.05, 3.63) is 78.0 Å². The molecule has 11 nitrogen and oxygen atoms in total. The average molecular weight is 540 g/mol. The number of nitrogens with zero attached hydrogens (tertiary/aromatic N) is 5. The van der Waals surface area contributed by atoms with Crippen molar-refractivity contribution >= 4 is 28.6 Å². The van der Waals surface area contributed by atoms with Gasteiger partial charge >= 0.3 is 0 Å². The Kier molecular flexibility index (Phi) is 7.02. The number of amides is 1. The average Bonchev–Trinajstić information content (AvgIpc) is 3.61. The van der Waals surface area contributed by atoms with Crippen LogP contribution in [0.3, 0.4) is 0 Å². The first-order valence-corrected chi connectivity index (χ1v) is 12.9. The van der Waals surface area contributed by atoms with Crippen molar-refractivity contribution < 1.29 is 19.0 Å². The van der Waals surface area contributed by atoms with Gasteiger partial charge in [-0.1, -0.05) is 12.1 Å². The number of methoxy groups -OCH3 is 2. The van der Waals surface area contributed by atoms with Crippen LogP contribution in [0.4, 0.5) is 11.6 Å². The molecular formula is C29H29N7O4. The van der Waals surface area contributed by atoms with Crippen molar-refractivity contribution in [1.82, 2.24) is 24.7 Å². The molecule has 1 aliphatic rings. The van der Waals surface area contributed by atoms with E-state index in [1.807, 2.05) is 59.3 Å². The van der Waals surface area contributed by atoms with Gasteiger partial charge in [0.2, 0.25) is 0 Å². The van der Waals surface area contributed by atoms with Crippen molar-refractivity contribution in [2.24, 2.45) is 0 Å². The third-order valence-corrected chi connectivity index (χ3v) is 6.79. The maximum Gasteiger partial charge on any atom is 0.258 e. The molecule has 40 heavy (non-hydrogen) atoms. The number of imidazole rings is 1. The van der Waals surface area contributed by atoms with Gasteiger partial charge in [0.25, 0.3) is 5.91 Å². The number of carbonyl (C=O) groups excluding carboxylic acids is 1. The molecule has 0 bridgehead atoms. The fourth-order valence-electron chi connectivity index (χ4n) is 4.62. The first-order valence-electron chi connectivity index (χ1n) is 12.9. The number of nitrogens with one attached hydrogen (secondary N) is 2. The lowest BCUT2D eigenvalue weighted by Gasteiger charge is -2.27. The summed E-state index contributed by atoms with van der Waals surface area (Å²) in [6.45, 7) is 3.36. The summed E-state index contributed by atoms with van der Waals surface area (Å²) in [6.07, 6.45) is 1.59. The standard InChI is InChI=1S/C29H29N7O4/c1-38-21-6-3-19(4-7-21)18-36-25(28-31-23-9-8-22(39-2)15-24(23)32-28)16-26(34-36)33-29(37)20-5-10-27(30-17-20)35-11-13-40-14-12-35/h3-10,15-17H,11-14,18H2,1-2H3,(H,31,32)(H,33,34,37). The molecule has 2 aromatic carbocycles. The van der Waals surface area contributed by atoms with Gasteiger partial charge in [-0.3, -0.25) is 9.48 Å². The Hall–Kier alpha value is -4.90. The minimum atomic E-state index is -0.295. The number of anilines is 2. The molecule has 5 aromatic rings. The predicted molar refractivity (Wildman–Crippen MR) is 151 cm³/mol. The zero-order valence-corrected chi connectivity index (χ0v) is 22.3. The zero-order valence-electron chi connectivity index (χ0n) is 22.3. The quantitative estimate of drug-likeness (QED) is 0.304. The second kappa shape index (κ2) is 11.1. The van der Waals surface area contributed by atoms with E-state index in [-0.39, 0.29) is 5.91 Å². The van der Waals surface area contributed by atoms with E-state index in [4.69, 9.17) is 24.3 Å². The van der Waals surface area contributed by atoms with Gasteiger partial charge in [0.05, 0.1) is 50.6 Å². The highest BCUT2D eigenvalue weighted by Crippen LogP contribution is 2.27. The molecule has 0 spiro atoms. The highest BCUT2D eigenvalue weighted by molar-refractivity contribution is 6.03. The van der Waals surface area contributed by atoms with Crippen molar-refractivity contribution in [1.29, 1.82) is 0 Å². The van der Waals surface area contributed by atoms with Gasteiger partial charge < -0.3 is 29.4 Å². The molecule has 0 saturated carbocycles. The summed E-state index contributed by atoms with van der Waals surface area (Å²) in [7, 11) is 3.26. The molecule has 11 heteroatoms. The fourth-order valence-corrected chi connectivity index (χ4v) is 4.62. The van der Waals surface area contributed by atoms with Gasteiger partial charge in [-0.25, -0.2) is 9.97 Å². The lowest BCUT2D eigenvalue weighted by molar-refractivity contribution is 0.102. The molecule has 0 unspecified atom stereocenters. The van der Waals surface area contributed by atoms with E-state index in [0.29, 0.717) is 37.0 Å². The summed E-state index contributed by atoms with van der Waals surface area (Å²) in [5.41, 5.74) is 3.82. The summed E-state index contributed by atoms with van der Waals surface area (Å²) >= 11 is 0. The summed E-state index contributed by atoms with van der Waals surface area (Å²) in [4.78, 5) is 27.9. The van der Waals surface area contributed by atoms with Gasteiger partial charge in [0.1, 0.15) is 23.0 Å². The van der Waals surface area contributed by atoms with Crippen LogP contribution in [0, 0.1) is 0 Å². The molecule has 1 fully saturated rings. The van der Waals surface area contributed by atoms with E-state index in [9.17, 15) is 4.79 Å². The third kappa shape index (κ3) is 5.32. The molecule has 1 saturated heterocycles. The number of aromatic nitrogens is 5. The van der Waals surface area contributed by atoms with Crippen LogP contribution in [-0.4, -0.2) is 71.2 Å². The van der Waals surface area contributed by atoms with E-state index < -0.39 is 0 Å². The van der Waals surface area contributed by atoms with E-state index in [0.717, 1.165) is 52.7 Å². The van der Waals surface area contributed by atoms with Crippen LogP contribution >= 0.6 is 0 Å². The largest absolute Gasteiger partial charge is 0.497 e. The topological polar surface area (TPSA) is 119 Å². The molecule has 6 rings (SSSR count). The number of rotatable bonds is 8. The molecule has 0 radical (unpaired) electrons. The van der Waals surface area contributed by atoms with Crippen LogP contribution in [0.25, 0.3) is 22.6 Å². The van der Waals surface area contributed by atoms with Gasteiger partial charge in [-0.2, -0.15) is 5.10 Å². The molecule has 3 aromatic heterocycles. The number of hydrogen-bond acceptors (Lipinski definition) is 8. The fraction of sp³-hybridized carbons (Fsp3) is 0.241. The lowest BCUT2D eigenvalue weighted by atomic mass is 10.2. The van der Waals surface area contributed by atoms with Crippen molar-refractivity contribution in [3.63, 3.8) is 0 Å². The number of ether oxygens (including phenoxy) is 3. The number of hydrogen-bond donors (Lipinski definition) is 2. The summed E-state index contributed by atoms with van der Waals surface area (Å²) in [5, 5.41) is 7.63. The number of carbonyl (C=O) groups is 1. The number of morpholine rings is 1. The highest BCUT2D eigenvalue weighted by Gasteiger charge is 2.18. The molecule has 0 atom stereocenters. The maximum atomic E-state index is 13.1. The SMILES string of the molecule is COc1ccc(Cn2nc(NC(=O)c3ccc(N4CCOCC4)nc3)cc2-c2nc3ccc(OC)cc3[nH]2)cc1. The maximum absolute atomic E-state index is 13.1. The number of pyridine rings is 1. The number of benzene rings is 2. The molecule has 0 aliphatic carbocycles. The monoisotopic (exact) mass is 539 g/mol. The third-order valence-electron chi connectivity index (χ3n) is 6.79. The lowest BCUT2D eigenvalue weighted by Crippen LogP contribution is -2.36. The van der Waals surface area contributed by atoms with Crippen LogP contribution in [-0.2, 0) is 11.3 Å². The Morgan fingerprint density at radius 2 is 1.77 bits per heavy atom. The first-order chi connectivity index (χ1) is 19.6. The molecule has 2 N–H and O–H groups in total. The van der Waals surface area contributed by atoms with E-state index in [1.54, 1.807) is 26.5 Å². The van der Waals surface area contributed by atoms with Gasteiger partial charge in [0, 0.05) is 31.4 Å². The van der Waals surface area contributed by atoms with Crippen molar-refractivity contribution in [2.75, 3.05) is 50.7 Å². The van der Waals surface area contributed by atoms with Gasteiger partial charge in [0.15, 0.2) is 11.6 Å². The Morgan fingerprint density at radius 3 is 2.50 bits per heavy atom. The van der Waals surface area contributed by atoms with Crippen LogP contribution in [0.15, 0.2) is 66.9 Å². The Bertz CT molecular complexity index is 1620. The van der Waals surface area contributed by atoms with Gasteiger partial charge in [-0.05, 0) is 42.0 Å². The molecule has 1 amide bonds. The normalized spacial score (nSPS) is 13.4. The Balaban J connectivity index is 1.28. The predicted octanol–water partition coefficient (Wildman–Crippen LogP) is 3.98. The number of H-pyrrole nitrogens is 1. The molecule has 204 valence electrons. The van der Waals surface area contributed by atoms with E-state index in [2.05, 4.69) is 20.2 Å². The van der Waals surface area contributed by atoms with Crippen LogP contribution in [0.5, 0.6) is 11.5 Å².